The Bertz CT molecular complexity index is 79.3. The highest BCUT2D eigenvalue weighted by Crippen LogP contribution is 2.25. The van der Waals surface area contributed by atoms with E-state index in [2.05, 4.69) is 15.4 Å². The van der Waals surface area contributed by atoms with Crippen LogP contribution in [0.5, 0.6) is 0 Å². The third-order valence-electron chi connectivity index (χ3n) is 2.40. The normalized spacial score (nSPS) is 21.3. The topological polar surface area (TPSA) is 12.0 Å². The molecular formula is C8H16NSi. The van der Waals surface area contributed by atoms with E-state index in [9.17, 15) is 0 Å². The van der Waals surface area contributed by atoms with Crippen LogP contribution in [0, 0.1) is 5.92 Å². The van der Waals surface area contributed by atoms with Crippen LogP contribution in [0.4, 0.5) is 0 Å². The van der Waals surface area contributed by atoms with Crippen molar-refractivity contribution in [3.05, 3.63) is 0 Å². The first kappa shape index (κ1) is 8.28. The van der Waals surface area contributed by atoms with Crippen molar-refractivity contribution in [2.45, 2.75) is 38.5 Å². The smallest absolute Gasteiger partial charge is 0.140 e. The molecule has 0 aromatic carbocycles. The lowest BCUT2D eigenvalue weighted by atomic mass is 9.87. The van der Waals surface area contributed by atoms with Gasteiger partial charge in [-0.25, -0.2) is 0 Å². The molecule has 0 unspecified atom stereocenters. The van der Waals surface area contributed by atoms with E-state index in [0.29, 0.717) is 0 Å². The molecule has 0 saturated heterocycles. The van der Waals surface area contributed by atoms with Gasteiger partial charge < -0.3 is 4.98 Å². The average Bonchev–Trinajstić information content (AvgIpc) is 2.03. The lowest BCUT2D eigenvalue weighted by Crippen LogP contribution is -2.16. The molecule has 10 heavy (non-hydrogen) atoms. The standard InChI is InChI=1S/C8H16NSi/c10-9-7-6-8-4-2-1-3-5-8/h8-9H,1-7H2. The van der Waals surface area contributed by atoms with Crippen molar-refractivity contribution in [3.8, 4) is 0 Å². The summed E-state index contributed by atoms with van der Waals surface area (Å²) < 4.78 is 0. The quantitative estimate of drug-likeness (QED) is 0.609. The van der Waals surface area contributed by atoms with Crippen molar-refractivity contribution in [1.82, 2.24) is 4.98 Å². The van der Waals surface area contributed by atoms with Gasteiger partial charge in [0, 0.05) is 0 Å². The van der Waals surface area contributed by atoms with Gasteiger partial charge in [-0.1, -0.05) is 32.1 Å². The fourth-order valence-electron chi connectivity index (χ4n) is 1.75. The predicted molar refractivity (Wildman–Crippen MR) is 44.9 cm³/mol. The van der Waals surface area contributed by atoms with Gasteiger partial charge in [0.25, 0.3) is 0 Å². The van der Waals surface area contributed by atoms with Crippen molar-refractivity contribution >= 4 is 10.4 Å². The van der Waals surface area contributed by atoms with Gasteiger partial charge in [0.15, 0.2) is 0 Å². The van der Waals surface area contributed by atoms with Crippen molar-refractivity contribution < 1.29 is 0 Å². The second-order valence-electron chi connectivity index (χ2n) is 3.22. The Morgan fingerprint density at radius 3 is 2.50 bits per heavy atom. The van der Waals surface area contributed by atoms with Crippen LogP contribution in [0.15, 0.2) is 0 Å². The third-order valence-corrected chi connectivity index (χ3v) is 2.65. The van der Waals surface area contributed by atoms with Crippen molar-refractivity contribution in [2.75, 3.05) is 6.54 Å². The molecule has 0 aliphatic heterocycles. The molecule has 1 N–H and O–H groups in total. The molecule has 1 saturated carbocycles. The molecule has 3 radical (unpaired) electrons. The van der Waals surface area contributed by atoms with Gasteiger partial charge >= 0.3 is 0 Å². The Hall–Kier alpha value is 0.177. The summed E-state index contributed by atoms with van der Waals surface area (Å²) in [7, 11) is 3.27. The molecular weight excluding hydrogens is 138 g/mol. The summed E-state index contributed by atoms with van der Waals surface area (Å²) in [4.78, 5) is 3.02. The maximum absolute atomic E-state index is 3.27. The summed E-state index contributed by atoms with van der Waals surface area (Å²) in [6, 6.07) is 0. The monoisotopic (exact) mass is 154 g/mol. The Kier molecular flexibility index (Phi) is 4.06. The first-order chi connectivity index (χ1) is 4.93. The predicted octanol–water partition coefficient (Wildman–Crippen LogP) is 1.63. The molecule has 1 aliphatic carbocycles. The fourth-order valence-corrected chi connectivity index (χ4v) is 1.90. The summed E-state index contributed by atoms with van der Waals surface area (Å²) in [5.74, 6) is 1.01. The van der Waals surface area contributed by atoms with Crippen LogP contribution in [-0.2, 0) is 0 Å². The van der Waals surface area contributed by atoms with E-state index < -0.39 is 0 Å². The van der Waals surface area contributed by atoms with Crippen LogP contribution in [0.25, 0.3) is 0 Å². The molecule has 57 valence electrons. The first-order valence-electron chi connectivity index (χ1n) is 4.33. The molecule has 1 rings (SSSR count). The van der Waals surface area contributed by atoms with E-state index in [1.54, 1.807) is 0 Å². The largest absolute Gasteiger partial charge is 0.341 e. The average molecular weight is 154 g/mol. The zero-order chi connectivity index (χ0) is 7.23. The van der Waals surface area contributed by atoms with E-state index in [-0.39, 0.29) is 0 Å². The number of hydrogen-bond acceptors (Lipinski definition) is 1. The molecule has 0 aromatic heterocycles. The molecule has 0 atom stereocenters. The van der Waals surface area contributed by atoms with Gasteiger partial charge in [0.05, 0.1) is 0 Å². The highest BCUT2D eigenvalue weighted by Gasteiger charge is 2.11. The van der Waals surface area contributed by atoms with Gasteiger partial charge in [-0.2, -0.15) is 0 Å². The van der Waals surface area contributed by atoms with Crippen LogP contribution >= 0.6 is 0 Å². The number of hydrogen-bond donors (Lipinski definition) is 1. The Balaban J connectivity index is 2.02. The maximum atomic E-state index is 3.27. The van der Waals surface area contributed by atoms with Gasteiger partial charge in [0.1, 0.15) is 10.4 Å². The summed E-state index contributed by atoms with van der Waals surface area (Å²) in [5.41, 5.74) is 0. The highest BCUT2D eigenvalue weighted by atomic mass is 28.2. The summed E-state index contributed by atoms with van der Waals surface area (Å²) >= 11 is 0. The second kappa shape index (κ2) is 4.91. The van der Waals surface area contributed by atoms with Crippen LogP contribution in [0.2, 0.25) is 0 Å². The van der Waals surface area contributed by atoms with Gasteiger partial charge in [0.2, 0.25) is 0 Å². The minimum absolute atomic E-state index is 1.01. The van der Waals surface area contributed by atoms with Gasteiger partial charge in [-0.3, -0.25) is 0 Å². The highest BCUT2D eigenvalue weighted by molar-refractivity contribution is 6.04. The molecule has 0 spiro atoms. The van der Waals surface area contributed by atoms with Crippen LogP contribution < -0.4 is 4.98 Å². The van der Waals surface area contributed by atoms with Crippen LogP contribution in [0.1, 0.15) is 38.5 Å². The molecule has 1 fully saturated rings. The van der Waals surface area contributed by atoms with Gasteiger partial charge in [-0.05, 0) is 18.9 Å². The van der Waals surface area contributed by atoms with E-state index in [1.807, 2.05) is 0 Å². The van der Waals surface area contributed by atoms with E-state index in [4.69, 9.17) is 0 Å². The summed E-state index contributed by atoms with van der Waals surface area (Å²) in [5, 5.41) is 0. The van der Waals surface area contributed by atoms with Crippen LogP contribution in [-0.4, -0.2) is 16.9 Å². The number of nitrogens with one attached hydrogen (secondary N) is 1. The molecule has 0 aromatic rings. The Labute approximate surface area is 67.1 Å². The molecule has 0 heterocycles. The minimum Gasteiger partial charge on any atom is -0.341 e. The zero-order valence-electron chi connectivity index (χ0n) is 6.53. The minimum atomic E-state index is 1.01. The second-order valence-corrected chi connectivity index (χ2v) is 3.57. The van der Waals surface area contributed by atoms with Crippen molar-refractivity contribution in [2.24, 2.45) is 5.92 Å². The van der Waals surface area contributed by atoms with Crippen molar-refractivity contribution in [3.63, 3.8) is 0 Å². The molecule has 0 amide bonds. The Morgan fingerprint density at radius 1 is 1.20 bits per heavy atom. The fraction of sp³-hybridized carbons (Fsp3) is 1.00. The van der Waals surface area contributed by atoms with Crippen molar-refractivity contribution in [1.29, 1.82) is 0 Å². The summed E-state index contributed by atoms with van der Waals surface area (Å²) in [6.07, 6.45) is 8.68. The molecule has 1 nitrogen and oxygen atoms in total. The molecule has 0 bridgehead atoms. The summed E-state index contributed by atoms with van der Waals surface area (Å²) in [6.45, 7) is 1.13. The zero-order valence-corrected chi connectivity index (χ0v) is 7.53. The third kappa shape index (κ3) is 2.84. The Morgan fingerprint density at radius 2 is 1.90 bits per heavy atom. The van der Waals surface area contributed by atoms with E-state index >= 15 is 0 Å². The van der Waals surface area contributed by atoms with E-state index in [1.165, 1.54) is 38.5 Å². The SMILES string of the molecule is [Si]NCCC1CCCCC1. The molecule has 1 aliphatic rings. The van der Waals surface area contributed by atoms with E-state index in [0.717, 1.165) is 12.5 Å². The van der Waals surface area contributed by atoms with Crippen LogP contribution in [0.3, 0.4) is 0 Å². The van der Waals surface area contributed by atoms with Gasteiger partial charge in [-0.15, -0.1) is 0 Å². The number of rotatable bonds is 3. The first-order valence-corrected chi connectivity index (χ1v) is 4.83. The molecule has 2 heteroatoms. The maximum Gasteiger partial charge on any atom is 0.140 e. The lowest BCUT2D eigenvalue weighted by Gasteiger charge is -2.20. The lowest BCUT2D eigenvalue weighted by molar-refractivity contribution is 0.340.